The van der Waals surface area contributed by atoms with E-state index in [1.807, 2.05) is 30.3 Å². The van der Waals surface area contributed by atoms with E-state index in [2.05, 4.69) is 0 Å². The molecule has 0 aliphatic rings. The molecule has 0 aromatic heterocycles. The molecule has 1 rings (SSSR count). The molecule has 1 aromatic carbocycles. The van der Waals surface area contributed by atoms with Gasteiger partial charge in [-0.25, -0.2) is 4.21 Å². The van der Waals surface area contributed by atoms with Crippen LogP contribution < -0.4 is 5.14 Å². The van der Waals surface area contributed by atoms with Gasteiger partial charge in [-0.15, -0.1) is 0 Å². The van der Waals surface area contributed by atoms with Gasteiger partial charge in [0.25, 0.3) is 0 Å². The van der Waals surface area contributed by atoms with E-state index in [4.69, 9.17) is 5.14 Å². The molecule has 0 bridgehead atoms. The van der Waals surface area contributed by atoms with E-state index < -0.39 is 11.0 Å². The van der Waals surface area contributed by atoms with Gasteiger partial charge in [0.2, 0.25) is 0 Å². The summed E-state index contributed by atoms with van der Waals surface area (Å²) in [6, 6.07) is 9.54. The average Bonchev–Trinajstić information content (AvgIpc) is 1.88. The number of rotatable bonds is 2. The predicted molar refractivity (Wildman–Crippen MR) is 42.5 cm³/mol. The molecule has 0 amide bonds. The smallest absolute Gasteiger partial charge is 0.0933 e. The molecule has 2 nitrogen and oxygen atoms in total. The summed E-state index contributed by atoms with van der Waals surface area (Å²) in [5, 5.41) is 5.10. The van der Waals surface area contributed by atoms with Crippen LogP contribution in [0.15, 0.2) is 30.3 Å². The molecule has 1 atom stereocenters. The largest absolute Gasteiger partial charge is 0.252 e. The Labute approximate surface area is 62.6 Å². The summed E-state index contributed by atoms with van der Waals surface area (Å²) >= 11 is 0. The van der Waals surface area contributed by atoms with Crippen LogP contribution in [-0.2, 0) is 16.7 Å². The van der Waals surface area contributed by atoms with Crippen molar-refractivity contribution in [2.75, 3.05) is 0 Å². The van der Waals surface area contributed by atoms with Crippen LogP contribution >= 0.6 is 0 Å². The Hall–Kier alpha value is -0.670. The van der Waals surface area contributed by atoms with E-state index >= 15 is 0 Å². The van der Waals surface area contributed by atoms with Crippen molar-refractivity contribution in [2.45, 2.75) is 5.75 Å². The van der Waals surface area contributed by atoms with Crippen LogP contribution in [0.25, 0.3) is 0 Å². The Balaban J connectivity index is 2.67. The maximum absolute atomic E-state index is 10.5. The van der Waals surface area contributed by atoms with Crippen LogP contribution in [0, 0.1) is 0 Å². The molecule has 0 fully saturated rings. The van der Waals surface area contributed by atoms with Crippen molar-refractivity contribution in [3.8, 4) is 0 Å². The first-order valence-corrected chi connectivity index (χ1v) is 4.34. The van der Waals surface area contributed by atoms with Crippen molar-refractivity contribution >= 4 is 11.0 Å². The topological polar surface area (TPSA) is 43.1 Å². The van der Waals surface area contributed by atoms with Crippen molar-refractivity contribution < 1.29 is 4.21 Å². The lowest BCUT2D eigenvalue weighted by atomic mass is 10.2. The molecular formula is C7H9NOS. The number of benzene rings is 1. The lowest BCUT2D eigenvalue weighted by molar-refractivity contribution is 0.684. The Morgan fingerprint density at radius 3 is 2.40 bits per heavy atom. The minimum absolute atomic E-state index is 0.445. The maximum Gasteiger partial charge on any atom is 0.0933 e. The highest BCUT2D eigenvalue weighted by atomic mass is 32.2. The maximum atomic E-state index is 10.5. The summed E-state index contributed by atoms with van der Waals surface area (Å²) < 4.78 is 10.5. The summed E-state index contributed by atoms with van der Waals surface area (Å²) in [6.45, 7) is 0. The zero-order chi connectivity index (χ0) is 7.40. The van der Waals surface area contributed by atoms with Crippen molar-refractivity contribution in [1.29, 1.82) is 0 Å². The van der Waals surface area contributed by atoms with Gasteiger partial charge in [0.05, 0.1) is 16.7 Å². The van der Waals surface area contributed by atoms with E-state index in [0.717, 1.165) is 5.56 Å². The predicted octanol–water partition coefficient (Wildman–Crippen LogP) is 0.809. The average molecular weight is 155 g/mol. The van der Waals surface area contributed by atoms with Crippen LogP contribution in [0.5, 0.6) is 0 Å². The zero-order valence-electron chi connectivity index (χ0n) is 5.49. The van der Waals surface area contributed by atoms with E-state index in [9.17, 15) is 4.21 Å². The molecule has 0 aliphatic heterocycles. The third-order valence-electron chi connectivity index (χ3n) is 1.15. The third kappa shape index (κ3) is 2.29. The Kier molecular flexibility index (Phi) is 2.59. The van der Waals surface area contributed by atoms with Crippen molar-refractivity contribution in [1.82, 2.24) is 0 Å². The van der Waals surface area contributed by atoms with E-state index in [0.29, 0.717) is 5.75 Å². The minimum Gasteiger partial charge on any atom is -0.252 e. The molecule has 1 aromatic rings. The van der Waals surface area contributed by atoms with Gasteiger partial charge in [-0.2, -0.15) is 0 Å². The number of hydrogen-bond donors (Lipinski definition) is 1. The quantitative estimate of drug-likeness (QED) is 0.674. The van der Waals surface area contributed by atoms with Gasteiger partial charge >= 0.3 is 0 Å². The standard InChI is InChI=1S/C7H9NOS/c8-10(9)6-7-4-2-1-3-5-7/h1-5H,6,8H2/t10-/m0/s1. The second kappa shape index (κ2) is 3.49. The summed E-state index contributed by atoms with van der Waals surface area (Å²) in [4.78, 5) is 0. The third-order valence-corrected chi connectivity index (χ3v) is 1.77. The van der Waals surface area contributed by atoms with Gasteiger partial charge < -0.3 is 0 Å². The van der Waals surface area contributed by atoms with Gasteiger partial charge in [0.1, 0.15) is 0 Å². The molecule has 0 saturated heterocycles. The molecule has 0 spiro atoms. The number of hydrogen-bond acceptors (Lipinski definition) is 1. The van der Waals surface area contributed by atoms with E-state index in [1.54, 1.807) is 0 Å². The van der Waals surface area contributed by atoms with Crippen LogP contribution in [0.1, 0.15) is 5.56 Å². The summed E-state index contributed by atoms with van der Waals surface area (Å²) in [5.41, 5.74) is 1.02. The van der Waals surface area contributed by atoms with Gasteiger partial charge in [-0.3, -0.25) is 5.14 Å². The Morgan fingerprint density at radius 1 is 1.30 bits per heavy atom. The molecule has 0 saturated carbocycles. The first-order chi connectivity index (χ1) is 4.79. The van der Waals surface area contributed by atoms with Crippen LogP contribution in [0.2, 0.25) is 0 Å². The van der Waals surface area contributed by atoms with Crippen LogP contribution in [0.4, 0.5) is 0 Å². The highest BCUT2D eigenvalue weighted by Crippen LogP contribution is 1.99. The van der Waals surface area contributed by atoms with E-state index in [-0.39, 0.29) is 0 Å². The Morgan fingerprint density at radius 2 is 1.90 bits per heavy atom. The van der Waals surface area contributed by atoms with Gasteiger partial charge in [0, 0.05) is 0 Å². The fourth-order valence-electron chi connectivity index (χ4n) is 0.739. The second-order valence-corrected chi connectivity index (χ2v) is 3.06. The first kappa shape index (κ1) is 7.44. The van der Waals surface area contributed by atoms with Crippen molar-refractivity contribution in [3.63, 3.8) is 0 Å². The minimum atomic E-state index is -1.22. The van der Waals surface area contributed by atoms with Crippen LogP contribution in [-0.4, -0.2) is 4.21 Å². The highest BCUT2D eigenvalue weighted by Gasteiger charge is 1.92. The van der Waals surface area contributed by atoms with E-state index in [1.165, 1.54) is 0 Å². The molecule has 2 N–H and O–H groups in total. The van der Waals surface area contributed by atoms with Gasteiger partial charge in [-0.1, -0.05) is 30.3 Å². The monoisotopic (exact) mass is 155 g/mol. The lowest BCUT2D eigenvalue weighted by Crippen LogP contribution is -2.04. The summed E-state index contributed by atoms with van der Waals surface area (Å²) in [5.74, 6) is 0.445. The first-order valence-electron chi connectivity index (χ1n) is 2.96. The molecule has 10 heavy (non-hydrogen) atoms. The zero-order valence-corrected chi connectivity index (χ0v) is 6.30. The second-order valence-electron chi connectivity index (χ2n) is 2.01. The molecule has 0 radical (unpaired) electrons. The molecular weight excluding hydrogens is 146 g/mol. The summed E-state index contributed by atoms with van der Waals surface area (Å²) in [6.07, 6.45) is 0. The summed E-state index contributed by atoms with van der Waals surface area (Å²) in [7, 11) is -1.22. The van der Waals surface area contributed by atoms with Gasteiger partial charge in [0.15, 0.2) is 0 Å². The molecule has 54 valence electrons. The normalized spacial score (nSPS) is 12.9. The lowest BCUT2D eigenvalue weighted by Gasteiger charge is -1.94. The van der Waals surface area contributed by atoms with Crippen LogP contribution in [0.3, 0.4) is 0 Å². The Bertz CT molecular complexity index is 222. The molecule has 0 heterocycles. The number of nitrogens with two attached hydrogens (primary N) is 1. The van der Waals surface area contributed by atoms with Gasteiger partial charge in [-0.05, 0) is 5.56 Å². The fourth-order valence-corrected chi connectivity index (χ4v) is 1.26. The molecule has 3 heteroatoms. The SMILES string of the molecule is N[S@@](=O)Cc1ccccc1. The fraction of sp³-hybridized carbons (Fsp3) is 0.143. The molecule has 0 unspecified atom stereocenters. The molecule has 0 aliphatic carbocycles. The van der Waals surface area contributed by atoms with Crippen molar-refractivity contribution in [2.24, 2.45) is 5.14 Å². The van der Waals surface area contributed by atoms with Crippen molar-refractivity contribution in [3.05, 3.63) is 35.9 Å². The highest BCUT2D eigenvalue weighted by molar-refractivity contribution is 7.81.